The molecule has 2 rings (SSSR count). The van der Waals surface area contributed by atoms with E-state index in [1.807, 2.05) is 0 Å². The van der Waals surface area contributed by atoms with Crippen molar-refractivity contribution < 1.29 is 19.1 Å². The van der Waals surface area contributed by atoms with E-state index in [2.05, 4.69) is 4.98 Å². The smallest absolute Gasteiger partial charge is 0.371 e. The largest absolute Gasteiger partial charge is 0.481 e. The van der Waals surface area contributed by atoms with Gasteiger partial charge in [0.2, 0.25) is 11.6 Å². The number of methoxy groups -OCH3 is 1. The third-order valence-electron chi connectivity index (χ3n) is 2.05. The highest BCUT2D eigenvalue weighted by Gasteiger charge is 2.10. The Kier molecular flexibility index (Phi) is 2.59. The van der Waals surface area contributed by atoms with E-state index in [0.717, 1.165) is 0 Å². The topological polar surface area (TPSA) is 72.6 Å². The molecule has 16 heavy (non-hydrogen) atoms. The van der Waals surface area contributed by atoms with Crippen molar-refractivity contribution in [2.75, 3.05) is 7.11 Å². The monoisotopic (exact) mass is 219 g/mol. The van der Waals surface area contributed by atoms with Crippen LogP contribution in [-0.2, 0) is 0 Å². The molecule has 0 aliphatic carbocycles. The molecule has 0 saturated carbocycles. The van der Waals surface area contributed by atoms with Crippen LogP contribution in [-0.4, -0.2) is 23.2 Å². The summed E-state index contributed by atoms with van der Waals surface area (Å²) >= 11 is 0. The number of rotatable bonds is 3. The van der Waals surface area contributed by atoms with Crippen molar-refractivity contribution in [2.24, 2.45) is 0 Å². The van der Waals surface area contributed by atoms with E-state index >= 15 is 0 Å². The highest BCUT2D eigenvalue weighted by molar-refractivity contribution is 5.85. The summed E-state index contributed by atoms with van der Waals surface area (Å²) in [5.41, 5.74) is 0.702. The summed E-state index contributed by atoms with van der Waals surface area (Å²) in [5.74, 6) is -0.222. The molecule has 0 bridgehead atoms. The number of carboxylic acid groups (broad SMARTS) is 1. The summed E-state index contributed by atoms with van der Waals surface area (Å²) in [6.07, 6.45) is 1.56. The lowest BCUT2D eigenvalue weighted by Gasteiger charge is -1.99. The molecule has 0 aromatic carbocycles. The summed E-state index contributed by atoms with van der Waals surface area (Å²) in [4.78, 5) is 14.6. The highest BCUT2D eigenvalue weighted by atomic mass is 16.5. The van der Waals surface area contributed by atoms with Crippen LogP contribution < -0.4 is 4.74 Å². The number of ether oxygens (including phenoxy) is 1. The minimum Gasteiger partial charge on any atom is -0.481 e. The van der Waals surface area contributed by atoms with E-state index in [4.69, 9.17) is 14.3 Å². The van der Waals surface area contributed by atoms with Gasteiger partial charge in [0, 0.05) is 17.8 Å². The van der Waals surface area contributed by atoms with E-state index in [-0.39, 0.29) is 5.76 Å². The molecule has 1 N–H and O–H groups in total. The predicted molar refractivity (Wildman–Crippen MR) is 55.5 cm³/mol. The van der Waals surface area contributed by atoms with Gasteiger partial charge in [0.15, 0.2) is 0 Å². The van der Waals surface area contributed by atoms with Gasteiger partial charge in [-0.2, -0.15) is 0 Å². The fraction of sp³-hybridized carbons (Fsp3) is 0.0909. The van der Waals surface area contributed by atoms with E-state index in [1.165, 1.54) is 13.2 Å². The summed E-state index contributed by atoms with van der Waals surface area (Å²) in [6, 6.07) is 6.42. The van der Waals surface area contributed by atoms with Crippen LogP contribution >= 0.6 is 0 Å². The Morgan fingerprint density at radius 1 is 1.38 bits per heavy atom. The molecule has 0 aliphatic heterocycles. The van der Waals surface area contributed by atoms with Crippen LogP contribution in [0.15, 0.2) is 34.9 Å². The number of carbonyl (C=O) groups is 1. The molecular formula is C11H9NO4. The van der Waals surface area contributed by atoms with Crippen LogP contribution in [0.4, 0.5) is 0 Å². The predicted octanol–water partition coefficient (Wildman–Crippen LogP) is 2.05. The van der Waals surface area contributed by atoms with Crippen molar-refractivity contribution in [3.8, 4) is 17.2 Å². The zero-order chi connectivity index (χ0) is 11.5. The summed E-state index contributed by atoms with van der Waals surface area (Å²) in [5, 5.41) is 8.70. The lowest BCUT2D eigenvalue weighted by atomic mass is 10.2. The maximum Gasteiger partial charge on any atom is 0.371 e. The SMILES string of the molecule is COc1ccc(-c2ccc(C(=O)O)o2)cn1. The van der Waals surface area contributed by atoms with Gasteiger partial charge in [-0.15, -0.1) is 0 Å². The first-order valence-electron chi connectivity index (χ1n) is 4.54. The van der Waals surface area contributed by atoms with E-state index in [0.29, 0.717) is 17.2 Å². The van der Waals surface area contributed by atoms with Gasteiger partial charge in [-0.25, -0.2) is 9.78 Å². The molecule has 0 amide bonds. The fourth-order valence-electron chi connectivity index (χ4n) is 1.25. The lowest BCUT2D eigenvalue weighted by molar-refractivity contribution is 0.0663. The van der Waals surface area contributed by atoms with Gasteiger partial charge in [-0.3, -0.25) is 0 Å². The normalized spacial score (nSPS) is 10.1. The second-order valence-corrected chi connectivity index (χ2v) is 3.06. The van der Waals surface area contributed by atoms with Crippen molar-refractivity contribution in [3.05, 3.63) is 36.2 Å². The summed E-state index contributed by atoms with van der Waals surface area (Å²) in [6.45, 7) is 0. The number of furan rings is 1. The Labute approximate surface area is 91.3 Å². The van der Waals surface area contributed by atoms with Gasteiger partial charge in [0.05, 0.1) is 7.11 Å². The summed E-state index contributed by atoms with van der Waals surface area (Å²) in [7, 11) is 1.53. The number of hydrogen-bond acceptors (Lipinski definition) is 4. The lowest BCUT2D eigenvalue weighted by Crippen LogP contribution is -1.91. The number of pyridine rings is 1. The number of aromatic nitrogens is 1. The molecule has 0 spiro atoms. The molecule has 2 aromatic rings. The van der Waals surface area contributed by atoms with Gasteiger partial charge in [0.1, 0.15) is 5.76 Å². The van der Waals surface area contributed by atoms with Crippen LogP contribution in [0.1, 0.15) is 10.6 Å². The Morgan fingerprint density at radius 3 is 2.69 bits per heavy atom. The van der Waals surface area contributed by atoms with Gasteiger partial charge in [0.25, 0.3) is 0 Å². The van der Waals surface area contributed by atoms with Crippen molar-refractivity contribution in [3.63, 3.8) is 0 Å². The number of hydrogen-bond donors (Lipinski definition) is 1. The maximum absolute atomic E-state index is 10.6. The second-order valence-electron chi connectivity index (χ2n) is 3.06. The minimum atomic E-state index is -1.09. The van der Waals surface area contributed by atoms with Gasteiger partial charge < -0.3 is 14.3 Å². The van der Waals surface area contributed by atoms with Gasteiger partial charge in [-0.05, 0) is 18.2 Å². The first-order chi connectivity index (χ1) is 7.70. The molecule has 0 fully saturated rings. The van der Waals surface area contributed by atoms with E-state index in [9.17, 15) is 4.79 Å². The average molecular weight is 219 g/mol. The third kappa shape index (κ3) is 1.88. The first-order valence-corrected chi connectivity index (χ1v) is 4.54. The molecule has 5 heteroatoms. The van der Waals surface area contributed by atoms with Gasteiger partial charge >= 0.3 is 5.97 Å². The van der Waals surface area contributed by atoms with Gasteiger partial charge in [-0.1, -0.05) is 0 Å². The van der Waals surface area contributed by atoms with E-state index in [1.54, 1.807) is 24.4 Å². The number of carboxylic acids is 1. The first kappa shape index (κ1) is 10.2. The van der Waals surface area contributed by atoms with Crippen molar-refractivity contribution in [2.45, 2.75) is 0 Å². The van der Waals surface area contributed by atoms with E-state index < -0.39 is 5.97 Å². The second kappa shape index (κ2) is 4.06. The van der Waals surface area contributed by atoms with Crippen LogP contribution in [0, 0.1) is 0 Å². The quantitative estimate of drug-likeness (QED) is 0.855. The molecule has 5 nitrogen and oxygen atoms in total. The van der Waals surface area contributed by atoms with Crippen molar-refractivity contribution >= 4 is 5.97 Å². The highest BCUT2D eigenvalue weighted by Crippen LogP contribution is 2.22. The number of nitrogens with zero attached hydrogens (tertiary/aromatic N) is 1. The molecule has 0 unspecified atom stereocenters. The minimum absolute atomic E-state index is 0.0918. The molecule has 0 radical (unpaired) electrons. The molecule has 0 saturated heterocycles. The molecule has 0 atom stereocenters. The number of aromatic carboxylic acids is 1. The zero-order valence-electron chi connectivity index (χ0n) is 8.51. The molecular weight excluding hydrogens is 210 g/mol. The van der Waals surface area contributed by atoms with Crippen molar-refractivity contribution in [1.82, 2.24) is 4.98 Å². The molecule has 82 valence electrons. The van der Waals surface area contributed by atoms with Crippen LogP contribution in [0.3, 0.4) is 0 Å². The third-order valence-corrected chi connectivity index (χ3v) is 2.05. The Morgan fingerprint density at radius 2 is 2.19 bits per heavy atom. The average Bonchev–Trinajstić information content (AvgIpc) is 2.78. The van der Waals surface area contributed by atoms with Crippen LogP contribution in [0.2, 0.25) is 0 Å². The maximum atomic E-state index is 10.6. The zero-order valence-corrected chi connectivity index (χ0v) is 8.51. The standard InChI is InChI=1S/C11H9NO4/c1-15-10-5-2-7(6-12-10)8-3-4-9(16-8)11(13)14/h2-6H,1H3,(H,13,14). The summed E-state index contributed by atoms with van der Waals surface area (Å²) < 4.78 is 10.0. The Hall–Kier alpha value is -2.30. The molecule has 2 heterocycles. The Bertz CT molecular complexity index is 501. The van der Waals surface area contributed by atoms with Crippen LogP contribution in [0.25, 0.3) is 11.3 Å². The fourth-order valence-corrected chi connectivity index (χ4v) is 1.25. The molecule has 0 aliphatic rings. The van der Waals surface area contributed by atoms with Crippen LogP contribution in [0.5, 0.6) is 5.88 Å². The molecule has 2 aromatic heterocycles. The Balaban J connectivity index is 2.31. The van der Waals surface area contributed by atoms with Crippen molar-refractivity contribution in [1.29, 1.82) is 0 Å².